The van der Waals surface area contributed by atoms with E-state index in [-0.39, 0.29) is 18.1 Å². The minimum Gasteiger partial charge on any atom is -0.395 e. The largest absolute Gasteiger partial charge is 0.395 e. The molecule has 112 valence electrons. The zero-order valence-corrected chi connectivity index (χ0v) is 12.5. The lowest BCUT2D eigenvalue weighted by molar-refractivity contribution is 0.0953. The molecule has 1 amide bonds. The third-order valence-electron chi connectivity index (χ3n) is 3.21. The maximum absolute atomic E-state index is 13.8. The van der Waals surface area contributed by atoms with Gasteiger partial charge in [-0.2, -0.15) is 11.8 Å². The first kappa shape index (κ1) is 15.9. The van der Waals surface area contributed by atoms with E-state index >= 15 is 0 Å². The van der Waals surface area contributed by atoms with E-state index in [0.717, 1.165) is 12.2 Å². The van der Waals surface area contributed by atoms with Gasteiger partial charge in [0.2, 0.25) is 0 Å². The Morgan fingerprint density at radius 3 is 3.05 bits per heavy atom. The van der Waals surface area contributed by atoms with Gasteiger partial charge in [-0.25, -0.2) is 4.39 Å². The Balaban J connectivity index is 1.95. The fourth-order valence-electron chi connectivity index (χ4n) is 2.09. The van der Waals surface area contributed by atoms with E-state index in [4.69, 9.17) is 5.11 Å². The summed E-state index contributed by atoms with van der Waals surface area (Å²) in [7, 11) is 0. The lowest BCUT2D eigenvalue weighted by Gasteiger charge is -2.10. The van der Waals surface area contributed by atoms with Crippen LogP contribution in [0.2, 0.25) is 0 Å². The summed E-state index contributed by atoms with van der Waals surface area (Å²) >= 11 is 1.87. The molecule has 3 nitrogen and oxygen atoms in total. The average Bonchev–Trinajstić information content (AvgIpc) is 3.00. The molecule has 0 spiro atoms. The smallest absolute Gasteiger partial charge is 0.251 e. The standard InChI is InChI=1S/C16H18FNO2S/c17-15-10-13(7-6-12(15)4-1-2-8-19)16(20)18-11-14-5-3-9-21-14/h6-7,10,14,19H,2-3,5,8-9,11H2,(H,18,20). The molecule has 0 aromatic heterocycles. The zero-order chi connectivity index (χ0) is 15.1. The molecule has 1 fully saturated rings. The van der Waals surface area contributed by atoms with Crippen molar-refractivity contribution in [3.8, 4) is 11.8 Å². The highest BCUT2D eigenvalue weighted by Crippen LogP contribution is 2.25. The van der Waals surface area contributed by atoms with Gasteiger partial charge >= 0.3 is 0 Å². The van der Waals surface area contributed by atoms with Crippen LogP contribution < -0.4 is 5.32 Å². The summed E-state index contributed by atoms with van der Waals surface area (Å²) in [5, 5.41) is 11.9. The summed E-state index contributed by atoms with van der Waals surface area (Å²) in [4.78, 5) is 12.0. The molecule has 2 N–H and O–H groups in total. The molecule has 1 aromatic carbocycles. The number of carbonyl (C=O) groups is 1. The maximum atomic E-state index is 13.8. The molecule has 1 aromatic rings. The number of aliphatic hydroxyl groups excluding tert-OH is 1. The van der Waals surface area contributed by atoms with Gasteiger partial charge in [0.25, 0.3) is 5.91 Å². The van der Waals surface area contributed by atoms with E-state index in [1.54, 1.807) is 6.07 Å². The Morgan fingerprint density at radius 1 is 1.52 bits per heavy atom. The Hall–Kier alpha value is -1.51. The molecule has 1 unspecified atom stereocenters. The molecule has 1 aliphatic rings. The van der Waals surface area contributed by atoms with Crippen molar-refractivity contribution in [3.05, 3.63) is 35.1 Å². The van der Waals surface area contributed by atoms with Crippen molar-refractivity contribution < 1.29 is 14.3 Å². The van der Waals surface area contributed by atoms with Crippen molar-refractivity contribution in [1.82, 2.24) is 5.32 Å². The second-order valence-corrected chi connectivity index (χ2v) is 6.22. The van der Waals surface area contributed by atoms with Crippen molar-refractivity contribution in [3.63, 3.8) is 0 Å². The predicted molar refractivity (Wildman–Crippen MR) is 82.8 cm³/mol. The van der Waals surface area contributed by atoms with Gasteiger partial charge in [0, 0.05) is 23.8 Å². The van der Waals surface area contributed by atoms with Crippen LogP contribution in [0.3, 0.4) is 0 Å². The molecule has 1 heterocycles. The lowest BCUT2D eigenvalue weighted by atomic mass is 10.1. The van der Waals surface area contributed by atoms with Crippen molar-refractivity contribution in [1.29, 1.82) is 0 Å². The van der Waals surface area contributed by atoms with E-state index in [9.17, 15) is 9.18 Å². The average molecular weight is 307 g/mol. The fraction of sp³-hybridized carbons (Fsp3) is 0.438. The first-order valence-corrected chi connectivity index (χ1v) is 8.04. The van der Waals surface area contributed by atoms with Gasteiger partial charge in [0.05, 0.1) is 12.2 Å². The highest BCUT2D eigenvalue weighted by atomic mass is 32.2. The highest BCUT2D eigenvalue weighted by molar-refractivity contribution is 8.00. The van der Waals surface area contributed by atoms with Gasteiger partial charge in [-0.15, -0.1) is 0 Å². The number of halogens is 1. The molecule has 21 heavy (non-hydrogen) atoms. The monoisotopic (exact) mass is 307 g/mol. The number of thioether (sulfide) groups is 1. The topological polar surface area (TPSA) is 49.3 Å². The summed E-state index contributed by atoms with van der Waals surface area (Å²) < 4.78 is 13.8. The third-order valence-corrected chi connectivity index (χ3v) is 4.60. The third kappa shape index (κ3) is 4.76. The van der Waals surface area contributed by atoms with Gasteiger partial charge in [0.15, 0.2) is 0 Å². The van der Waals surface area contributed by atoms with E-state index in [0.29, 0.717) is 23.8 Å². The Bertz CT molecular complexity index is 559. The Labute approximate surface area is 128 Å². The molecule has 2 rings (SSSR count). The fourth-order valence-corrected chi connectivity index (χ4v) is 3.29. The van der Waals surface area contributed by atoms with Crippen molar-refractivity contribution in [2.75, 3.05) is 18.9 Å². The van der Waals surface area contributed by atoms with Crippen LogP contribution in [0.4, 0.5) is 4.39 Å². The summed E-state index contributed by atoms with van der Waals surface area (Å²) in [5.74, 6) is 5.68. The molecule has 1 atom stereocenters. The molecule has 1 saturated heterocycles. The molecule has 5 heteroatoms. The van der Waals surface area contributed by atoms with E-state index in [1.165, 1.54) is 18.6 Å². The van der Waals surface area contributed by atoms with Crippen LogP contribution in [0, 0.1) is 17.7 Å². The van der Waals surface area contributed by atoms with Gasteiger partial charge in [-0.05, 0) is 36.8 Å². The molecule has 0 radical (unpaired) electrons. The maximum Gasteiger partial charge on any atom is 0.251 e. The number of nitrogens with one attached hydrogen (secondary N) is 1. The van der Waals surface area contributed by atoms with E-state index < -0.39 is 5.82 Å². The number of hydrogen-bond acceptors (Lipinski definition) is 3. The molecular formula is C16H18FNO2S. The van der Waals surface area contributed by atoms with Crippen molar-refractivity contribution >= 4 is 17.7 Å². The summed E-state index contributed by atoms with van der Waals surface area (Å²) in [5.41, 5.74) is 0.551. The van der Waals surface area contributed by atoms with Crippen LogP contribution in [-0.2, 0) is 0 Å². The van der Waals surface area contributed by atoms with Crippen LogP contribution in [-0.4, -0.2) is 35.2 Å². The summed E-state index contributed by atoms with van der Waals surface area (Å²) in [6.07, 6.45) is 2.63. The van der Waals surface area contributed by atoms with Crippen LogP contribution in [0.25, 0.3) is 0 Å². The number of hydrogen-bond donors (Lipinski definition) is 2. The van der Waals surface area contributed by atoms with E-state index in [1.807, 2.05) is 11.8 Å². The molecule has 1 aliphatic heterocycles. The minimum atomic E-state index is -0.511. The second kappa shape index (κ2) is 8.06. The zero-order valence-electron chi connectivity index (χ0n) is 11.7. The second-order valence-electron chi connectivity index (χ2n) is 4.82. The van der Waals surface area contributed by atoms with Crippen LogP contribution in [0.1, 0.15) is 35.2 Å². The predicted octanol–water partition coefficient (Wildman–Crippen LogP) is 2.19. The normalized spacial score (nSPS) is 17.1. The Morgan fingerprint density at radius 2 is 2.38 bits per heavy atom. The van der Waals surface area contributed by atoms with Crippen molar-refractivity contribution in [2.45, 2.75) is 24.5 Å². The number of carbonyl (C=O) groups excluding carboxylic acids is 1. The number of amides is 1. The van der Waals surface area contributed by atoms with Gasteiger partial charge in [0.1, 0.15) is 5.82 Å². The van der Waals surface area contributed by atoms with Crippen LogP contribution >= 0.6 is 11.8 Å². The number of aliphatic hydroxyl groups is 1. The van der Waals surface area contributed by atoms with Gasteiger partial charge < -0.3 is 10.4 Å². The number of benzene rings is 1. The van der Waals surface area contributed by atoms with Crippen molar-refractivity contribution in [2.24, 2.45) is 0 Å². The number of rotatable bonds is 4. The molecule has 0 bridgehead atoms. The summed E-state index contributed by atoms with van der Waals surface area (Å²) in [6, 6.07) is 4.28. The molecule has 0 aliphatic carbocycles. The molecular weight excluding hydrogens is 289 g/mol. The molecule has 0 saturated carbocycles. The van der Waals surface area contributed by atoms with E-state index in [2.05, 4.69) is 17.2 Å². The minimum absolute atomic E-state index is 0.0473. The summed E-state index contributed by atoms with van der Waals surface area (Å²) in [6.45, 7) is 0.581. The first-order chi connectivity index (χ1) is 10.2. The quantitative estimate of drug-likeness (QED) is 0.838. The SMILES string of the molecule is O=C(NCC1CCCS1)c1ccc(C#CCCO)c(F)c1. The lowest BCUT2D eigenvalue weighted by Crippen LogP contribution is -2.29. The first-order valence-electron chi connectivity index (χ1n) is 7.00. The van der Waals surface area contributed by atoms with Crippen LogP contribution in [0.5, 0.6) is 0 Å². The highest BCUT2D eigenvalue weighted by Gasteiger charge is 2.17. The van der Waals surface area contributed by atoms with Gasteiger partial charge in [-0.1, -0.05) is 11.8 Å². The van der Waals surface area contributed by atoms with Crippen LogP contribution in [0.15, 0.2) is 18.2 Å². The Kier molecular flexibility index (Phi) is 6.09. The van der Waals surface area contributed by atoms with Gasteiger partial charge in [-0.3, -0.25) is 4.79 Å².